The van der Waals surface area contributed by atoms with E-state index in [1.807, 2.05) is 18.2 Å². The highest BCUT2D eigenvalue weighted by Crippen LogP contribution is 2.46. The van der Waals surface area contributed by atoms with E-state index in [2.05, 4.69) is 28.2 Å². The molecule has 1 aromatic heterocycles. The fourth-order valence-electron chi connectivity index (χ4n) is 4.63. The monoisotopic (exact) mass is 420 g/mol. The van der Waals surface area contributed by atoms with Crippen molar-refractivity contribution < 1.29 is 14.6 Å². The van der Waals surface area contributed by atoms with Crippen LogP contribution in [-0.2, 0) is 14.9 Å². The molecule has 1 saturated heterocycles. The first-order valence-corrected chi connectivity index (χ1v) is 10.9. The average molecular weight is 421 g/mol. The summed E-state index contributed by atoms with van der Waals surface area (Å²) in [4.78, 5) is 18.8. The van der Waals surface area contributed by atoms with Crippen molar-refractivity contribution in [2.45, 2.75) is 50.5 Å². The van der Waals surface area contributed by atoms with Gasteiger partial charge in [0.1, 0.15) is 11.9 Å². The van der Waals surface area contributed by atoms with E-state index >= 15 is 0 Å². The predicted molar refractivity (Wildman–Crippen MR) is 119 cm³/mol. The Morgan fingerprint density at radius 1 is 1.32 bits per heavy atom. The first kappa shape index (κ1) is 21.1. The summed E-state index contributed by atoms with van der Waals surface area (Å²) < 4.78 is 5.55. The number of hydrogen-bond donors (Lipinski definition) is 2. The SMILES string of the molecule is CCN(c1ccc(C2(C(=O)O)CCC2)cc1Nc1ccc(C#N)cn1)C1CCOCC1. The van der Waals surface area contributed by atoms with Crippen molar-refractivity contribution in [3.05, 3.63) is 47.7 Å². The Balaban J connectivity index is 1.73. The average Bonchev–Trinajstić information content (AvgIpc) is 2.76. The van der Waals surface area contributed by atoms with Gasteiger partial charge in [0.15, 0.2) is 0 Å². The van der Waals surface area contributed by atoms with Crippen LogP contribution < -0.4 is 10.2 Å². The van der Waals surface area contributed by atoms with E-state index in [-0.39, 0.29) is 0 Å². The molecule has 1 aliphatic heterocycles. The minimum absolute atomic E-state index is 0.371. The maximum absolute atomic E-state index is 12.1. The molecule has 162 valence electrons. The number of carbonyl (C=O) groups is 1. The number of ether oxygens (including phenoxy) is 1. The first-order valence-electron chi connectivity index (χ1n) is 10.9. The van der Waals surface area contributed by atoms with Crippen molar-refractivity contribution in [3.8, 4) is 6.07 Å². The molecule has 1 aromatic carbocycles. The molecule has 31 heavy (non-hydrogen) atoms. The van der Waals surface area contributed by atoms with Gasteiger partial charge in [-0.25, -0.2) is 4.98 Å². The molecular weight excluding hydrogens is 392 g/mol. The number of hydrogen-bond acceptors (Lipinski definition) is 6. The van der Waals surface area contributed by atoms with Gasteiger partial charge in [-0.1, -0.05) is 12.5 Å². The van der Waals surface area contributed by atoms with Crippen molar-refractivity contribution in [3.63, 3.8) is 0 Å². The number of nitrogens with one attached hydrogen (secondary N) is 1. The zero-order chi connectivity index (χ0) is 21.8. The molecule has 0 amide bonds. The molecule has 2 aliphatic rings. The van der Waals surface area contributed by atoms with Crippen LogP contribution in [0.15, 0.2) is 36.5 Å². The maximum Gasteiger partial charge on any atom is 0.314 e. The van der Waals surface area contributed by atoms with Crippen molar-refractivity contribution in [1.29, 1.82) is 5.26 Å². The van der Waals surface area contributed by atoms with Gasteiger partial charge in [0.25, 0.3) is 0 Å². The number of benzene rings is 1. The number of aromatic nitrogens is 1. The van der Waals surface area contributed by atoms with E-state index in [9.17, 15) is 9.90 Å². The normalized spacial score (nSPS) is 17.9. The number of rotatable bonds is 7. The Hall–Kier alpha value is -3.11. The van der Waals surface area contributed by atoms with E-state index in [1.165, 1.54) is 6.20 Å². The molecule has 0 bridgehead atoms. The van der Waals surface area contributed by atoms with E-state index in [1.54, 1.807) is 12.1 Å². The highest BCUT2D eigenvalue weighted by molar-refractivity contribution is 5.85. The summed E-state index contributed by atoms with van der Waals surface area (Å²) in [6.07, 6.45) is 5.71. The Bertz CT molecular complexity index is 973. The lowest BCUT2D eigenvalue weighted by Gasteiger charge is -2.40. The van der Waals surface area contributed by atoms with Gasteiger partial charge in [-0.05, 0) is 62.4 Å². The zero-order valence-corrected chi connectivity index (χ0v) is 17.8. The molecule has 7 nitrogen and oxygen atoms in total. The highest BCUT2D eigenvalue weighted by Gasteiger charge is 2.46. The van der Waals surface area contributed by atoms with E-state index in [0.717, 1.165) is 56.0 Å². The summed E-state index contributed by atoms with van der Waals surface area (Å²) in [5.41, 5.74) is 2.40. The second-order valence-corrected chi connectivity index (χ2v) is 8.27. The van der Waals surface area contributed by atoms with Gasteiger partial charge < -0.3 is 20.1 Å². The van der Waals surface area contributed by atoms with Crippen LogP contribution in [0.1, 0.15) is 50.2 Å². The third kappa shape index (κ3) is 4.08. The van der Waals surface area contributed by atoms with Crippen molar-refractivity contribution in [2.24, 2.45) is 0 Å². The summed E-state index contributed by atoms with van der Waals surface area (Å²) in [5.74, 6) is -0.135. The van der Waals surface area contributed by atoms with Crippen LogP contribution in [0.25, 0.3) is 0 Å². The lowest BCUT2D eigenvalue weighted by atomic mass is 9.64. The number of aliphatic carboxylic acids is 1. The molecule has 1 saturated carbocycles. The van der Waals surface area contributed by atoms with E-state index < -0.39 is 11.4 Å². The Kier molecular flexibility index (Phi) is 6.10. The van der Waals surface area contributed by atoms with Crippen molar-refractivity contribution >= 4 is 23.2 Å². The summed E-state index contributed by atoms with van der Waals surface area (Å²) in [7, 11) is 0. The van der Waals surface area contributed by atoms with Crippen molar-refractivity contribution in [1.82, 2.24) is 4.98 Å². The topological polar surface area (TPSA) is 98.5 Å². The van der Waals surface area contributed by atoms with Gasteiger partial charge in [0, 0.05) is 32.0 Å². The molecule has 2 N–H and O–H groups in total. The van der Waals surface area contributed by atoms with Gasteiger partial charge >= 0.3 is 5.97 Å². The summed E-state index contributed by atoms with van der Waals surface area (Å²) in [5, 5.41) is 22.3. The molecule has 7 heteroatoms. The molecule has 0 radical (unpaired) electrons. The van der Waals surface area contributed by atoms with Gasteiger partial charge in [0.05, 0.1) is 22.4 Å². The Morgan fingerprint density at radius 2 is 2.10 bits per heavy atom. The lowest BCUT2D eigenvalue weighted by molar-refractivity contribution is -0.147. The Morgan fingerprint density at radius 3 is 2.65 bits per heavy atom. The zero-order valence-electron chi connectivity index (χ0n) is 17.8. The minimum atomic E-state index is -0.803. The largest absolute Gasteiger partial charge is 0.481 e. The summed E-state index contributed by atoms with van der Waals surface area (Å²) >= 11 is 0. The van der Waals surface area contributed by atoms with E-state index in [4.69, 9.17) is 10.00 Å². The van der Waals surface area contributed by atoms with Crippen LogP contribution in [0.3, 0.4) is 0 Å². The van der Waals surface area contributed by atoms with Crippen LogP contribution in [0.5, 0.6) is 0 Å². The summed E-state index contributed by atoms with van der Waals surface area (Å²) in [6, 6.07) is 11.9. The lowest BCUT2D eigenvalue weighted by Crippen LogP contribution is -2.42. The standard InChI is InChI=1S/C24H28N4O3/c1-2-28(19-8-12-31-13-9-19)21-6-5-18(24(23(29)30)10-3-11-24)14-20(21)27-22-7-4-17(15-25)16-26-22/h4-7,14,16,19H,2-3,8-13H2,1H3,(H,26,27)(H,29,30). The minimum Gasteiger partial charge on any atom is -0.481 e. The van der Waals surface area contributed by atoms with Crippen LogP contribution in [0.4, 0.5) is 17.2 Å². The van der Waals surface area contributed by atoms with Gasteiger partial charge in [-0.3, -0.25) is 4.79 Å². The second-order valence-electron chi connectivity index (χ2n) is 8.27. The molecule has 0 atom stereocenters. The van der Waals surface area contributed by atoms with E-state index in [0.29, 0.717) is 30.3 Å². The van der Waals surface area contributed by atoms with Gasteiger partial charge in [-0.2, -0.15) is 5.26 Å². The molecular formula is C24H28N4O3. The number of pyridine rings is 1. The fourth-order valence-corrected chi connectivity index (χ4v) is 4.63. The molecule has 0 spiro atoms. The van der Waals surface area contributed by atoms with Crippen LogP contribution >= 0.6 is 0 Å². The molecule has 1 aliphatic carbocycles. The smallest absolute Gasteiger partial charge is 0.314 e. The predicted octanol–water partition coefficient (Wildman–Crippen LogP) is 4.21. The quantitative estimate of drug-likeness (QED) is 0.692. The second kappa shape index (κ2) is 8.94. The molecule has 2 heterocycles. The fraction of sp³-hybridized carbons (Fsp3) is 0.458. The third-order valence-corrected chi connectivity index (χ3v) is 6.60. The number of nitriles is 1. The van der Waals surface area contributed by atoms with Crippen LogP contribution in [-0.4, -0.2) is 41.9 Å². The Labute approximate surface area is 182 Å². The van der Waals surface area contributed by atoms with Crippen LogP contribution in [0.2, 0.25) is 0 Å². The maximum atomic E-state index is 12.1. The number of carboxylic acids is 1. The molecule has 2 aromatic rings. The molecule has 4 rings (SSSR count). The third-order valence-electron chi connectivity index (χ3n) is 6.60. The molecule has 2 fully saturated rings. The highest BCUT2D eigenvalue weighted by atomic mass is 16.5. The summed E-state index contributed by atoms with van der Waals surface area (Å²) in [6.45, 7) is 4.48. The number of anilines is 3. The number of nitrogens with zero attached hydrogens (tertiary/aromatic N) is 3. The number of carboxylic acid groups (broad SMARTS) is 1. The first-order chi connectivity index (χ1) is 15.1. The van der Waals surface area contributed by atoms with Crippen LogP contribution in [0, 0.1) is 11.3 Å². The van der Waals surface area contributed by atoms with Crippen molar-refractivity contribution in [2.75, 3.05) is 30.0 Å². The molecule has 0 unspecified atom stereocenters. The van der Waals surface area contributed by atoms with Gasteiger partial charge in [-0.15, -0.1) is 0 Å². The van der Waals surface area contributed by atoms with Gasteiger partial charge in [0.2, 0.25) is 0 Å².